The molecular weight excluding hydrogens is 302 g/mol. The van der Waals surface area contributed by atoms with Crippen molar-refractivity contribution in [1.29, 1.82) is 0 Å². The van der Waals surface area contributed by atoms with Gasteiger partial charge in [-0.2, -0.15) is 0 Å². The Bertz CT molecular complexity index is 524. The Hall–Kier alpha value is -1.59. The topological polar surface area (TPSA) is 55.8 Å². The molecular formula is C19H31N3O2. The second-order valence-electron chi connectivity index (χ2n) is 6.81. The Kier molecular flexibility index (Phi) is 6.63. The first kappa shape index (κ1) is 18.7. The van der Waals surface area contributed by atoms with Crippen molar-refractivity contribution in [3.8, 4) is 0 Å². The number of hydrogen-bond acceptors (Lipinski definition) is 4. The van der Waals surface area contributed by atoms with Crippen LogP contribution in [0, 0.1) is 0 Å². The van der Waals surface area contributed by atoms with E-state index in [9.17, 15) is 9.90 Å². The quantitative estimate of drug-likeness (QED) is 0.802. The van der Waals surface area contributed by atoms with Gasteiger partial charge in [0.15, 0.2) is 0 Å². The molecule has 2 rings (SSSR count). The van der Waals surface area contributed by atoms with Crippen LogP contribution in [0.5, 0.6) is 0 Å². The van der Waals surface area contributed by atoms with E-state index in [4.69, 9.17) is 0 Å². The van der Waals surface area contributed by atoms with Crippen molar-refractivity contribution in [1.82, 2.24) is 10.2 Å². The van der Waals surface area contributed by atoms with Gasteiger partial charge in [-0.25, -0.2) is 0 Å². The number of amides is 1. The minimum absolute atomic E-state index is 0.0739. The summed E-state index contributed by atoms with van der Waals surface area (Å²) >= 11 is 0. The zero-order valence-electron chi connectivity index (χ0n) is 15.2. The summed E-state index contributed by atoms with van der Waals surface area (Å²) in [6, 6.07) is 7.86. The van der Waals surface area contributed by atoms with Crippen LogP contribution in [0.3, 0.4) is 0 Å². The fraction of sp³-hybridized carbons (Fsp3) is 0.632. The Morgan fingerprint density at radius 3 is 2.29 bits per heavy atom. The van der Waals surface area contributed by atoms with Crippen molar-refractivity contribution in [2.45, 2.75) is 39.2 Å². The summed E-state index contributed by atoms with van der Waals surface area (Å²) in [4.78, 5) is 17.3. The van der Waals surface area contributed by atoms with Crippen molar-refractivity contribution in [3.63, 3.8) is 0 Å². The number of hydrogen-bond donors (Lipinski definition) is 2. The molecule has 134 valence electrons. The van der Waals surface area contributed by atoms with E-state index < -0.39 is 0 Å². The maximum Gasteiger partial charge on any atom is 0.251 e. The molecule has 24 heavy (non-hydrogen) atoms. The lowest BCUT2D eigenvalue weighted by atomic mass is 9.94. The Balaban J connectivity index is 1.97. The summed E-state index contributed by atoms with van der Waals surface area (Å²) in [6.45, 7) is 11.6. The maximum atomic E-state index is 12.5. The van der Waals surface area contributed by atoms with Crippen molar-refractivity contribution in [3.05, 3.63) is 29.8 Å². The molecule has 1 heterocycles. The molecule has 1 amide bonds. The SMILES string of the molecule is CCN1CCN(c2ccc(C(=O)NC(C)(CC)CCO)cc2)CC1. The van der Waals surface area contributed by atoms with Crippen LogP contribution in [-0.4, -0.2) is 60.8 Å². The molecule has 1 aliphatic heterocycles. The smallest absolute Gasteiger partial charge is 0.251 e. The van der Waals surface area contributed by atoms with Crippen LogP contribution in [0.25, 0.3) is 0 Å². The number of benzene rings is 1. The second kappa shape index (κ2) is 8.49. The lowest BCUT2D eigenvalue weighted by Crippen LogP contribution is -2.46. The van der Waals surface area contributed by atoms with Gasteiger partial charge in [0, 0.05) is 49.6 Å². The normalized spacial score (nSPS) is 18.2. The summed E-state index contributed by atoms with van der Waals surface area (Å²) in [5.74, 6) is -0.0739. The molecule has 0 saturated carbocycles. The third-order valence-corrected chi connectivity index (χ3v) is 5.17. The number of likely N-dealkylation sites (N-methyl/N-ethyl adjacent to an activating group) is 1. The first-order chi connectivity index (χ1) is 11.5. The number of anilines is 1. The van der Waals surface area contributed by atoms with E-state index in [2.05, 4.69) is 22.0 Å². The Labute approximate surface area is 145 Å². The third-order valence-electron chi connectivity index (χ3n) is 5.17. The highest BCUT2D eigenvalue weighted by molar-refractivity contribution is 5.95. The van der Waals surface area contributed by atoms with Gasteiger partial charge in [-0.3, -0.25) is 4.79 Å². The Morgan fingerprint density at radius 2 is 1.79 bits per heavy atom. The van der Waals surface area contributed by atoms with Crippen molar-refractivity contribution in [2.24, 2.45) is 0 Å². The van der Waals surface area contributed by atoms with Gasteiger partial charge >= 0.3 is 0 Å². The third kappa shape index (κ3) is 4.71. The Morgan fingerprint density at radius 1 is 1.17 bits per heavy atom. The predicted octanol–water partition coefficient (Wildman–Crippen LogP) is 2.11. The highest BCUT2D eigenvalue weighted by atomic mass is 16.3. The zero-order chi connectivity index (χ0) is 17.6. The molecule has 1 saturated heterocycles. The molecule has 0 spiro atoms. The van der Waals surface area contributed by atoms with Crippen LogP contribution in [0.1, 0.15) is 44.0 Å². The van der Waals surface area contributed by atoms with E-state index in [1.54, 1.807) is 0 Å². The molecule has 0 radical (unpaired) electrons. The van der Waals surface area contributed by atoms with Crippen LogP contribution >= 0.6 is 0 Å². The standard InChI is InChI=1S/C19H31N3O2/c1-4-19(3,10-15-23)20-18(24)16-6-8-17(9-7-16)22-13-11-21(5-2)12-14-22/h6-9,23H,4-5,10-15H2,1-3H3,(H,20,24). The van der Waals surface area contributed by atoms with Crippen LogP contribution in [-0.2, 0) is 0 Å². The van der Waals surface area contributed by atoms with Crippen LogP contribution in [0.2, 0.25) is 0 Å². The van der Waals surface area contributed by atoms with Gasteiger partial charge in [0.1, 0.15) is 0 Å². The van der Waals surface area contributed by atoms with Gasteiger partial charge < -0.3 is 20.2 Å². The first-order valence-electron chi connectivity index (χ1n) is 9.02. The minimum atomic E-state index is -0.360. The number of aliphatic hydroxyl groups excluding tert-OH is 1. The van der Waals surface area contributed by atoms with Crippen LogP contribution in [0.15, 0.2) is 24.3 Å². The summed E-state index contributed by atoms with van der Waals surface area (Å²) in [5, 5.41) is 12.2. The molecule has 1 aromatic carbocycles. The van der Waals surface area contributed by atoms with Crippen LogP contribution < -0.4 is 10.2 Å². The molecule has 0 aromatic heterocycles. The van der Waals surface area contributed by atoms with E-state index in [0.29, 0.717) is 12.0 Å². The van der Waals surface area contributed by atoms with Gasteiger partial charge in [-0.05, 0) is 50.6 Å². The summed E-state index contributed by atoms with van der Waals surface area (Å²) in [7, 11) is 0. The maximum absolute atomic E-state index is 12.5. The summed E-state index contributed by atoms with van der Waals surface area (Å²) < 4.78 is 0. The van der Waals surface area contributed by atoms with Gasteiger partial charge in [0.25, 0.3) is 5.91 Å². The van der Waals surface area contributed by atoms with Crippen molar-refractivity contribution in [2.75, 3.05) is 44.2 Å². The number of aliphatic hydroxyl groups is 1. The molecule has 0 aliphatic carbocycles. The molecule has 1 aliphatic rings. The van der Waals surface area contributed by atoms with E-state index in [0.717, 1.165) is 39.1 Å². The molecule has 1 atom stereocenters. The fourth-order valence-corrected chi connectivity index (χ4v) is 3.07. The molecule has 2 N–H and O–H groups in total. The molecule has 5 nitrogen and oxygen atoms in total. The number of rotatable bonds is 7. The lowest BCUT2D eigenvalue weighted by molar-refractivity contribution is 0.0886. The molecule has 0 bridgehead atoms. The van der Waals surface area contributed by atoms with E-state index in [-0.39, 0.29) is 18.1 Å². The second-order valence-corrected chi connectivity index (χ2v) is 6.81. The number of piperazine rings is 1. The fourth-order valence-electron chi connectivity index (χ4n) is 3.07. The largest absolute Gasteiger partial charge is 0.396 e. The average Bonchev–Trinajstić information content (AvgIpc) is 2.62. The lowest BCUT2D eigenvalue weighted by Gasteiger charge is -2.35. The number of nitrogens with zero attached hydrogens (tertiary/aromatic N) is 2. The van der Waals surface area contributed by atoms with Crippen LogP contribution in [0.4, 0.5) is 5.69 Å². The molecule has 5 heteroatoms. The zero-order valence-corrected chi connectivity index (χ0v) is 15.2. The summed E-state index contributed by atoms with van der Waals surface area (Å²) in [6.07, 6.45) is 1.36. The number of nitrogens with one attached hydrogen (secondary N) is 1. The van der Waals surface area contributed by atoms with E-state index >= 15 is 0 Å². The number of carbonyl (C=O) groups is 1. The summed E-state index contributed by atoms with van der Waals surface area (Å²) in [5.41, 5.74) is 1.49. The van der Waals surface area contributed by atoms with Gasteiger partial charge in [0.2, 0.25) is 0 Å². The molecule has 1 fully saturated rings. The molecule has 1 unspecified atom stereocenters. The van der Waals surface area contributed by atoms with Crippen molar-refractivity contribution < 1.29 is 9.90 Å². The monoisotopic (exact) mass is 333 g/mol. The van der Waals surface area contributed by atoms with Gasteiger partial charge in [0.05, 0.1) is 0 Å². The average molecular weight is 333 g/mol. The van der Waals surface area contributed by atoms with E-state index in [1.807, 2.05) is 38.1 Å². The van der Waals surface area contributed by atoms with E-state index in [1.165, 1.54) is 5.69 Å². The molecule has 1 aromatic rings. The predicted molar refractivity (Wildman–Crippen MR) is 98.6 cm³/mol. The van der Waals surface area contributed by atoms with Gasteiger partial charge in [-0.1, -0.05) is 13.8 Å². The number of carbonyl (C=O) groups excluding carboxylic acids is 1. The van der Waals surface area contributed by atoms with Gasteiger partial charge in [-0.15, -0.1) is 0 Å². The minimum Gasteiger partial charge on any atom is -0.396 e. The van der Waals surface area contributed by atoms with Crippen molar-refractivity contribution >= 4 is 11.6 Å². The highest BCUT2D eigenvalue weighted by Crippen LogP contribution is 2.19. The highest BCUT2D eigenvalue weighted by Gasteiger charge is 2.24. The first-order valence-corrected chi connectivity index (χ1v) is 9.02.